The Morgan fingerprint density at radius 3 is 2.29 bits per heavy atom. The van der Waals surface area contributed by atoms with Crippen LogP contribution >= 0.6 is 0 Å². The lowest BCUT2D eigenvalue weighted by atomic mass is 9.85. The number of ether oxygens (including phenoxy) is 1. The second-order valence-electron chi connectivity index (χ2n) is 6.69. The molecule has 3 rings (SSSR count). The van der Waals surface area contributed by atoms with Crippen LogP contribution < -0.4 is 10.3 Å². The van der Waals surface area contributed by atoms with Gasteiger partial charge in [-0.15, -0.1) is 0 Å². The molecular formula is C16H22BNO3. The predicted molar refractivity (Wildman–Crippen MR) is 85.3 cm³/mol. The first kappa shape index (κ1) is 14.5. The van der Waals surface area contributed by atoms with E-state index in [1.54, 1.807) is 7.11 Å². The van der Waals surface area contributed by atoms with Gasteiger partial charge in [0.15, 0.2) is 0 Å². The van der Waals surface area contributed by atoms with Gasteiger partial charge in [0.1, 0.15) is 5.75 Å². The molecule has 1 saturated heterocycles. The van der Waals surface area contributed by atoms with Gasteiger partial charge in [0, 0.05) is 11.0 Å². The summed E-state index contributed by atoms with van der Waals surface area (Å²) in [6.07, 6.45) is 0. The molecule has 1 aliphatic rings. The van der Waals surface area contributed by atoms with Crippen LogP contribution in [0.2, 0.25) is 0 Å². The lowest BCUT2D eigenvalue weighted by Crippen LogP contribution is -2.41. The summed E-state index contributed by atoms with van der Waals surface area (Å²) in [5.41, 5.74) is 2.49. The van der Waals surface area contributed by atoms with Gasteiger partial charge < -0.3 is 19.0 Å². The summed E-state index contributed by atoms with van der Waals surface area (Å²) in [5.74, 6) is 0.856. The highest BCUT2D eigenvalue weighted by atomic mass is 16.7. The minimum Gasteiger partial charge on any atom is -0.496 e. The Balaban J connectivity index is 2.05. The fourth-order valence-electron chi connectivity index (χ4n) is 2.63. The number of methoxy groups -OCH3 is 1. The Hall–Kier alpha value is -1.46. The summed E-state index contributed by atoms with van der Waals surface area (Å²) in [5, 5.41) is 1.06. The largest absolute Gasteiger partial charge is 0.512 e. The summed E-state index contributed by atoms with van der Waals surface area (Å²) < 4.78 is 17.6. The van der Waals surface area contributed by atoms with Crippen LogP contribution in [0.3, 0.4) is 0 Å². The van der Waals surface area contributed by atoms with Gasteiger partial charge in [-0.1, -0.05) is 6.07 Å². The number of benzene rings is 1. The fraction of sp³-hybridized carbons (Fsp3) is 0.500. The Bertz CT molecular complexity index is 674. The van der Waals surface area contributed by atoms with Gasteiger partial charge in [-0.05, 0) is 52.3 Å². The van der Waals surface area contributed by atoms with Gasteiger partial charge in [-0.3, -0.25) is 0 Å². The number of nitrogens with one attached hydrogen (secondary N) is 1. The first-order valence-electron chi connectivity index (χ1n) is 7.27. The summed E-state index contributed by atoms with van der Waals surface area (Å²) in [4.78, 5) is 3.43. The van der Waals surface area contributed by atoms with Crippen molar-refractivity contribution in [3.63, 3.8) is 0 Å². The molecule has 0 unspecified atom stereocenters. The second-order valence-corrected chi connectivity index (χ2v) is 6.69. The van der Waals surface area contributed by atoms with Gasteiger partial charge in [0.05, 0.1) is 23.8 Å². The lowest BCUT2D eigenvalue weighted by molar-refractivity contribution is 0.00578. The van der Waals surface area contributed by atoms with E-state index in [1.807, 2.05) is 12.1 Å². The lowest BCUT2D eigenvalue weighted by Gasteiger charge is -2.32. The third-order valence-corrected chi connectivity index (χ3v) is 4.71. The maximum atomic E-state index is 6.10. The molecule has 1 aromatic heterocycles. The Morgan fingerprint density at radius 2 is 1.71 bits per heavy atom. The molecular weight excluding hydrogens is 265 g/mol. The van der Waals surface area contributed by atoms with E-state index < -0.39 is 0 Å². The van der Waals surface area contributed by atoms with E-state index in [4.69, 9.17) is 14.0 Å². The summed E-state index contributed by atoms with van der Waals surface area (Å²) in [6.45, 7) is 10.3. The minimum absolute atomic E-state index is 0.339. The Morgan fingerprint density at radius 1 is 1.10 bits per heavy atom. The molecule has 0 radical (unpaired) electrons. The van der Waals surface area contributed by atoms with Crippen molar-refractivity contribution in [2.75, 3.05) is 7.11 Å². The van der Waals surface area contributed by atoms with E-state index in [-0.39, 0.29) is 18.3 Å². The molecule has 5 heteroatoms. The van der Waals surface area contributed by atoms with Crippen LogP contribution in [-0.4, -0.2) is 30.4 Å². The topological polar surface area (TPSA) is 43.5 Å². The summed E-state index contributed by atoms with van der Waals surface area (Å²) in [6, 6.07) is 6.09. The van der Waals surface area contributed by atoms with Crippen LogP contribution in [0.25, 0.3) is 10.9 Å². The molecule has 112 valence electrons. The number of hydrogen-bond donors (Lipinski definition) is 1. The van der Waals surface area contributed by atoms with E-state index in [1.165, 1.54) is 5.56 Å². The van der Waals surface area contributed by atoms with Crippen LogP contribution in [0.1, 0.15) is 33.3 Å². The predicted octanol–water partition coefficient (Wildman–Crippen LogP) is 2.78. The van der Waals surface area contributed by atoms with Gasteiger partial charge in [-0.2, -0.15) is 0 Å². The van der Waals surface area contributed by atoms with Crippen molar-refractivity contribution in [2.24, 2.45) is 0 Å². The van der Waals surface area contributed by atoms with E-state index in [0.29, 0.717) is 0 Å². The molecule has 1 aromatic carbocycles. The normalized spacial score (nSPS) is 20.2. The molecule has 21 heavy (non-hydrogen) atoms. The summed E-state index contributed by atoms with van der Waals surface area (Å²) >= 11 is 0. The Kier molecular flexibility index (Phi) is 3.12. The third kappa shape index (κ3) is 2.15. The Labute approximate surface area is 125 Å². The molecule has 1 fully saturated rings. The van der Waals surface area contributed by atoms with E-state index >= 15 is 0 Å². The number of H-pyrrole nitrogens is 1. The number of aromatic amines is 1. The fourth-order valence-corrected chi connectivity index (χ4v) is 2.63. The van der Waals surface area contributed by atoms with Crippen LogP contribution in [0.4, 0.5) is 0 Å². The molecule has 0 bridgehead atoms. The van der Waals surface area contributed by atoms with Gasteiger partial charge in [0.2, 0.25) is 0 Å². The number of rotatable bonds is 2. The monoisotopic (exact) mass is 287 g/mol. The number of fused-ring (bicyclic) bond motifs is 1. The molecule has 0 spiro atoms. The van der Waals surface area contributed by atoms with Crippen molar-refractivity contribution in [2.45, 2.75) is 45.8 Å². The molecule has 1 N–H and O–H groups in total. The van der Waals surface area contributed by atoms with Crippen molar-refractivity contribution < 1.29 is 14.0 Å². The summed E-state index contributed by atoms with van der Waals surface area (Å²) in [7, 11) is 1.30. The average molecular weight is 287 g/mol. The SMILES string of the molecule is COc1ccc(C)c2[nH]c(B3OC(C)(C)C(C)(C)O3)cc12. The zero-order valence-corrected chi connectivity index (χ0v) is 13.5. The molecule has 0 amide bonds. The standard InChI is InChI=1S/C16H22BNO3/c1-10-7-8-12(19-6)11-9-13(18-14(10)11)17-20-15(2,3)16(4,5)21-17/h7-9,18H,1-6H3. The molecule has 0 atom stereocenters. The molecule has 1 aliphatic heterocycles. The molecule has 2 heterocycles. The highest BCUT2D eigenvalue weighted by Gasteiger charge is 2.52. The van der Waals surface area contributed by atoms with E-state index in [0.717, 1.165) is 22.2 Å². The van der Waals surface area contributed by atoms with E-state index in [9.17, 15) is 0 Å². The first-order chi connectivity index (χ1) is 9.75. The maximum Gasteiger partial charge on any atom is 0.512 e. The minimum atomic E-state index is -0.383. The van der Waals surface area contributed by atoms with Crippen LogP contribution in [0.15, 0.2) is 18.2 Å². The molecule has 0 saturated carbocycles. The van der Waals surface area contributed by atoms with Crippen molar-refractivity contribution >= 4 is 23.6 Å². The highest BCUT2D eigenvalue weighted by molar-refractivity contribution is 6.61. The van der Waals surface area contributed by atoms with Crippen molar-refractivity contribution in [1.29, 1.82) is 0 Å². The maximum absolute atomic E-state index is 6.10. The van der Waals surface area contributed by atoms with Crippen molar-refractivity contribution in [3.05, 3.63) is 23.8 Å². The zero-order valence-electron chi connectivity index (χ0n) is 13.5. The quantitative estimate of drug-likeness (QED) is 0.864. The number of aromatic nitrogens is 1. The first-order valence-corrected chi connectivity index (χ1v) is 7.27. The number of hydrogen-bond acceptors (Lipinski definition) is 3. The third-order valence-electron chi connectivity index (χ3n) is 4.71. The molecule has 0 aliphatic carbocycles. The van der Waals surface area contributed by atoms with E-state index in [2.05, 4.69) is 45.7 Å². The second kappa shape index (κ2) is 4.52. The average Bonchev–Trinajstić information content (AvgIpc) is 2.91. The van der Waals surface area contributed by atoms with Gasteiger partial charge in [-0.25, -0.2) is 0 Å². The zero-order chi connectivity index (χ0) is 15.4. The molecule has 4 nitrogen and oxygen atoms in total. The number of aryl methyl sites for hydroxylation is 1. The van der Waals surface area contributed by atoms with Crippen molar-refractivity contribution in [1.82, 2.24) is 4.98 Å². The molecule has 2 aromatic rings. The smallest absolute Gasteiger partial charge is 0.496 e. The van der Waals surface area contributed by atoms with Gasteiger partial charge >= 0.3 is 7.12 Å². The van der Waals surface area contributed by atoms with Crippen LogP contribution in [0, 0.1) is 6.92 Å². The van der Waals surface area contributed by atoms with Gasteiger partial charge in [0.25, 0.3) is 0 Å². The highest BCUT2D eigenvalue weighted by Crippen LogP contribution is 2.37. The van der Waals surface area contributed by atoms with Crippen molar-refractivity contribution in [3.8, 4) is 5.75 Å². The van der Waals surface area contributed by atoms with Crippen LogP contribution in [0.5, 0.6) is 5.75 Å². The van der Waals surface area contributed by atoms with Crippen LogP contribution in [-0.2, 0) is 9.31 Å².